The number of carbonyl (C=O) groups excluding carboxylic acids is 3. The Morgan fingerprint density at radius 3 is 1.88 bits per heavy atom. The van der Waals surface area contributed by atoms with Crippen molar-refractivity contribution in [3.8, 4) is 68.6 Å². The van der Waals surface area contributed by atoms with Gasteiger partial charge in [-0.15, -0.1) is 0 Å². The number of phenols is 7. The monoisotopic (exact) mass is 778 g/mol. The van der Waals surface area contributed by atoms with Crippen molar-refractivity contribution in [2.24, 2.45) is 0 Å². The summed E-state index contributed by atoms with van der Waals surface area (Å²) in [5.41, 5.74) is -2.49. The van der Waals surface area contributed by atoms with E-state index in [0.717, 1.165) is 0 Å². The summed E-state index contributed by atoms with van der Waals surface area (Å²) in [4.78, 5) is 40.6. The van der Waals surface area contributed by atoms with Crippen LogP contribution in [0.2, 0.25) is 0 Å². The van der Waals surface area contributed by atoms with Crippen LogP contribution in [-0.4, -0.2) is 108 Å². The Morgan fingerprint density at radius 1 is 0.696 bits per heavy atom. The van der Waals surface area contributed by atoms with E-state index < -0.39 is 124 Å². The molecule has 0 unspecified atom stereocenters. The average Bonchev–Trinajstić information content (AvgIpc) is 3.19. The van der Waals surface area contributed by atoms with Crippen LogP contribution in [0.25, 0.3) is 11.1 Å². The first kappa shape index (κ1) is 37.7. The largest absolute Gasteiger partial charge is 0.507 e. The molecule has 7 rings (SSSR count). The van der Waals surface area contributed by atoms with Crippen LogP contribution >= 0.6 is 0 Å². The number of aliphatic hydroxyl groups is 2. The molecule has 4 aromatic rings. The molecule has 6 atom stereocenters. The van der Waals surface area contributed by atoms with E-state index in [-0.39, 0.29) is 34.6 Å². The molecule has 3 heterocycles. The topological polar surface area (TPSA) is 289 Å². The Bertz CT molecular complexity index is 2300. The predicted octanol–water partition coefficient (Wildman–Crippen LogP) is 2.85. The number of carbonyl (C=O) groups is 3. The fraction of sp³-hybridized carbons (Fsp3) is 0.289. The van der Waals surface area contributed by atoms with E-state index in [1.54, 1.807) is 24.3 Å². The van der Waals surface area contributed by atoms with Gasteiger partial charge in [0, 0.05) is 22.3 Å². The van der Waals surface area contributed by atoms with Gasteiger partial charge >= 0.3 is 11.9 Å². The molecule has 0 radical (unpaired) electrons. The van der Waals surface area contributed by atoms with E-state index in [1.165, 1.54) is 21.0 Å². The smallest absolute Gasteiger partial charge is 0.339 e. The van der Waals surface area contributed by atoms with Gasteiger partial charge in [-0.05, 0) is 43.7 Å². The highest BCUT2D eigenvalue weighted by molar-refractivity contribution is 6.08. The summed E-state index contributed by atoms with van der Waals surface area (Å²) in [5.74, 6) is -10.3. The second-order valence-corrected chi connectivity index (χ2v) is 13.3. The minimum atomic E-state index is -2.07. The molecule has 1 fully saturated rings. The number of fused-ring (bicyclic) bond motifs is 5. The zero-order valence-corrected chi connectivity index (χ0v) is 29.5. The lowest BCUT2D eigenvalue weighted by Crippen LogP contribution is -2.61. The van der Waals surface area contributed by atoms with Crippen LogP contribution in [0.5, 0.6) is 57.5 Å². The first-order valence-corrected chi connectivity index (χ1v) is 16.9. The van der Waals surface area contributed by atoms with Gasteiger partial charge in [-0.1, -0.05) is 12.1 Å². The number of esters is 2. The Balaban J connectivity index is 1.25. The molecule has 4 aromatic carbocycles. The zero-order chi connectivity index (χ0) is 40.5. The molecule has 0 bridgehead atoms. The minimum absolute atomic E-state index is 0.0193. The van der Waals surface area contributed by atoms with Gasteiger partial charge in [-0.25, -0.2) is 9.59 Å². The van der Waals surface area contributed by atoms with Crippen molar-refractivity contribution in [3.05, 3.63) is 69.8 Å². The number of rotatable bonds is 4. The summed E-state index contributed by atoms with van der Waals surface area (Å²) < 4.78 is 34.2. The molecular weight excluding hydrogens is 744 g/mol. The van der Waals surface area contributed by atoms with Gasteiger partial charge in [0.05, 0.1) is 24.7 Å². The number of Topliss-reactive ketones (excluding diaryl/α,β-unsaturated/α-hetero) is 1. The molecular formula is C38H34O18. The number of aliphatic hydroxyl groups excluding tert-OH is 2. The minimum Gasteiger partial charge on any atom is -0.507 e. The lowest BCUT2D eigenvalue weighted by atomic mass is 9.91. The van der Waals surface area contributed by atoms with Crippen molar-refractivity contribution < 1.29 is 88.8 Å². The van der Waals surface area contributed by atoms with Crippen molar-refractivity contribution >= 4 is 17.7 Å². The first-order valence-electron chi connectivity index (χ1n) is 16.9. The normalized spacial score (nSPS) is 23.2. The summed E-state index contributed by atoms with van der Waals surface area (Å²) in [5, 5.41) is 96.7. The Hall–Kier alpha value is -6.63. The van der Waals surface area contributed by atoms with E-state index in [2.05, 4.69) is 0 Å². The molecule has 0 saturated carbocycles. The Kier molecular flexibility index (Phi) is 9.35. The molecule has 0 aromatic heterocycles. The Labute approximate surface area is 315 Å². The summed E-state index contributed by atoms with van der Waals surface area (Å²) in [7, 11) is 1.50. The SMILES string of the molecule is COc1ccc([C@@H]2CC(=O)c3c(O)c(C)c(O[C@@H]4O[C@@H]5COC(=O)c6cc(O)c(O)c(O)c6-c6c(cc(O)c(O)c6O)C(=O)O[C@H]5[C@H](O)[C@H]4O)c(C)c3O2)cc1. The molecule has 9 N–H and O–H groups in total. The number of ketones is 1. The van der Waals surface area contributed by atoms with Crippen molar-refractivity contribution in [2.45, 2.75) is 57.1 Å². The third kappa shape index (κ3) is 5.99. The van der Waals surface area contributed by atoms with Crippen LogP contribution in [0, 0.1) is 13.8 Å². The number of hydrogen-bond acceptors (Lipinski definition) is 18. The fourth-order valence-electron chi connectivity index (χ4n) is 6.95. The number of phenolic OH excluding ortho intramolecular Hbond substituents is 7. The quantitative estimate of drug-likeness (QED) is 0.106. The maximum Gasteiger partial charge on any atom is 0.339 e. The lowest BCUT2D eigenvalue weighted by molar-refractivity contribution is -0.276. The van der Waals surface area contributed by atoms with Crippen LogP contribution < -0.4 is 14.2 Å². The number of aromatic hydroxyl groups is 7. The number of hydrogen-bond donors (Lipinski definition) is 9. The summed E-state index contributed by atoms with van der Waals surface area (Å²) in [6.07, 6.45) is -10.3. The van der Waals surface area contributed by atoms with E-state index in [4.69, 9.17) is 28.4 Å². The van der Waals surface area contributed by atoms with Gasteiger partial charge in [0.1, 0.15) is 59.6 Å². The van der Waals surface area contributed by atoms with E-state index >= 15 is 0 Å². The highest BCUT2D eigenvalue weighted by Gasteiger charge is 2.50. The molecule has 18 nitrogen and oxygen atoms in total. The maximum absolute atomic E-state index is 13.7. The molecule has 1 saturated heterocycles. The third-order valence-electron chi connectivity index (χ3n) is 9.93. The molecule has 56 heavy (non-hydrogen) atoms. The second-order valence-electron chi connectivity index (χ2n) is 13.3. The standard InChI is InChI=1S/C38H34O18/c1-12-26(42)25-18(39)10-21(14-4-6-15(51-3)7-5-14)53-34(25)13(2)33(12)56-38-32(48)31(47)35-22(54-38)11-52-36(49)16-8-19(40)27(43)29(45)23(16)24-17(37(50)55-35)9-20(41)28(44)30(24)46/h4-9,21-22,31-32,35,38,40-48H,10-11H2,1-3H3/t21-,22+,31+,32+,35+,38-/m0/s1. The van der Waals surface area contributed by atoms with Gasteiger partial charge in [0.2, 0.25) is 17.8 Å². The Morgan fingerprint density at radius 2 is 1.29 bits per heavy atom. The van der Waals surface area contributed by atoms with Crippen molar-refractivity contribution in [1.82, 2.24) is 0 Å². The van der Waals surface area contributed by atoms with Crippen molar-refractivity contribution in [3.63, 3.8) is 0 Å². The van der Waals surface area contributed by atoms with Gasteiger partial charge in [0.15, 0.2) is 34.9 Å². The number of benzene rings is 4. The molecule has 0 spiro atoms. The highest BCUT2D eigenvalue weighted by Crippen LogP contribution is 2.53. The highest BCUT2D eigenvalue weighted by atomic mass is 16.7. The van der Waals surface area contributed by atoms with E-state index in [9.17, 15) is 60.3 Å². The van der Waals surface area contributed by atoms with Gasteiger partial charge in [-0.3, -0.25) is 4.79 Å². The first-order chi connectivity index (χ1) is 26.5. The zero-order valence-electron chi connectivity index (χ0n) is 29.5. The van der Waals surface area contributed by atoms with Gasteiger partial charge < -0.3 is 74.4 Å². The summed E-state index contributed by atoms with van der Waals surface area (Å²) >= 11 is 0. The average molecular weight is 779 g/mol. The summed E-state index contributed by atoms with van der Waals surface area (Å²) in [6.45, 7) is 2.08. The van der Waals surface area contributed by atoms with Crippen molar-refractivity contribution in [1.29, 1.82) is 0 Å². The third-order valence-corrected chi connectivity index (χ3v) is 9.93. The van der Waals surface area contributed by atoms with E-state index in [0.29, 0.717) is 23.4 Å². The molecule has 0 aliphatic carbocycles. The number of methoxy groups -OCH3 is 1. The van der Waals surface area contributed by atoms with Crippen LogP contribution in [0.4, 0.5) is 0 Å². The molecule has 18 heteroatoms. The maximum atomic E-state index is 13.7. The van der Waals surface area contributed by atoms with Crippen LogP contribution in [-0.2, 0) is 14.2 Å². The number of cyclic esters (lactones) is 1. The molecule has 3 aliphatic rings. The van der Waals surface area contributed by atoms with E-state index in [1.807, 2.05) is 0 Å². The van der Waals surface area contributed by atoms with Gasteiger partial charge in [-0.2, -0.15) is 0 Å². The van der Waals surface area contributed by atoms with Crippen LogP contribution in [0.15, 0.2) is 36.4 Å². The molecule has 3 aliphatic heterocycles. The van der Waals surface area contributed by atoms with Gasteiger partial charge in [0.25, 0.3) is 0 Å². The number of ether oxygens (including phenoxy) is 6. The molecule has 0 amide bonds. The lowest BCUT2D eigenvalue weighted by Gasteiger charge is -2.42. The summed E-state index contributed by atoms with van der Waals surface area (Å²) in [6, 6.07) is 8.04. The second kappa shape index (κ2) is 13.9. The van der Waals surface area contributed by atoms with Crippen LogP contribution in [0.3, 0.4) is 0 Å². The fourth-order valence-corrected chi connectivity index (χ4v) is 6.95. The van der Waals surface area contributed by atoms with Crippen LogP contribution in [0.1, 0.15) is 60.3 Å². The van der Waals surface area contributed by atoms with Crippen molar-refractivity contribution in [2.75, 3.05) is 13.7 Å². The predicted molar refractivity (Wildman–Crippen MR) is 186 cm³/mol. The molecule has 294 valence electrons.